The summed E-state index contributed by atoms with van der Waals surface area (Å²) < 4.78 is 20.9. The first-order chi connectivity index (χ1) is 12.1. The average molecular weight is 358 g/mol. The molecule has 1 amide bonds. The van der Waals surface area contributed by atoms with Gasteiger partial charge in [0, 0.05) is 5.56 Å². The van der Waals surface area contributed by atoms with Gasteiger partial charge in [-0.2, -0.15) is 0 Å². The molecule has 0 spiro atoms. The highest BCUT2D eigenvalue weighted by Gasteiger charge is 2.05. The first kappa shape index (κ1) is 21.3. The van der Waals surface area contributed by atoms with Crippen molar-refractivity contribution in [3.63, 3.8) is 0 Å². The summed E-state index contributed by atoms with van der Waals surface area (Å²) in [6, 6.07) is 6.20. The molecule has 0 saturated heterocycles. The number of carbonyl (C=O) groups excluding carboxylic acids is 1. The Morgan fingerprint density at radius 1 is 0.880 bits per heavy atom. The SMILES string of the molecule is NC(=O)c1ccc(N(O)COCCOCCOCCOCCO)cc1. The summed E-state index contributed by atoms with van der Waals surface area (Å²) >= 11 is 0. The lowest BCUT2D eigenvalue weighted by Gasteiger charge is -2.17. The van der Waals surface area contributed by atoms with Crippen LogP contribution in [0.3, 0.4) is 0 Å². The van der Waals surface area contributed by atoms with Gasteiger partial charge in [0.2, 0.25) is 5.91 Å². The van der Waals surface area contributed by atoms with Crippen LogP contribution in [-0.2, 0) is 18.9 Å². The molecule has 1 aromatic carbocycles. The Morgan fingerprint density at radius 2 is 1.36 bits per heavy atom. The summed E-state index contributed by atoms with van der Waals surface area (Å²) in [7, 11) is 0. The molecule has 9 heteroatoms. The molecule has 0 aromatic heterocycles. The maximum absolute atomic E-state index is 11.0. The highest BCUT2D eigenvalue weighted by Crippen LogP contribution is 2.13. The largest absolute Gasteiger partial charge is 0.394 e. The van der Waals surface area contributed by atoms with E-state index >= 15 is 0 Å². The second-order valence-electron chi connectivity index (χ2n) is 4.91. The van der Waals surface area contributed by atoms with Crippen molar-refractivity contribution in [3.8, 4) is 0 Å². The van der Waals surface area contributed by atoms with E-state index < -0.39 is 5.91 Å². The maximum atomic E-state index is 11.0. The lowest BCUT2D eigenvalue weighted by molar-refractivity contribution is -0.0111. The number of amides is 1. The van der Waals surface area contributed by atoms with Crippen LogP contribution in [-0.4, -0.2) is 75.8 Å². The number of benzene rings is 1. The second-order valence-corrected chi connectivity index (χ2v) is 4.91. The Labute approximate surface area is 146 Å². The van der Waals surface area contributed by atoms with Crippen LogP contribution in [0.1, 0.15) is 10.4 Å². The number of hydrogen-bond acceptors (Lipinski definition) is 8. The molecule has 0 fully saturated rings. The molecule has 0 radical (unpaired) electrons. The fourth-order valence-corrected chi connectivity index (χ4v) is 1.75. The minimum Gasteiger partial charge on any atom is -0.394 e. The maximum Gasteiger partial charge on any atom is 0.248 e. The van der Waals surface area contributed by atoms with Gasteiger partial charge >= 0.3 is 0 Å². The van der Waals surface area contributed by atoms with Crippen LogP contribution in [0.25, 0.3) is 0 Å². The van der Waals surface area contributed by atoms with Crippen LogP contribution in [0, 0.1) is 0 Å². The lowest BCUT2D eigenvalue weighted by atomic mass is 10.2. The molecular formula is C16H26N2O7. The summed E-state index contributed by atoms with van der Waals surface area (Å²) in [5.74, 6) is -0.522. The zero-order valence-electron chi connectivity index (χ0n) is 14.1. The fourth-order valence-electron chi connectivity index (χ4n) is 1.75. The normalized spacial score (nSPS) is 10.8. The highest BCUT2D eigenvalue weighted by molar-refractivity contribution is 5.93. The van der Waals surface area contributed by atoms with Crippen LogP contribution < -0.4 is 10.8 Å². The smallest absolute Gasteiger partial charge is 0.248 e. The number of primary amides is 1. The average Bonchev–Trinajstić information content (AvgIpc) is 2.62. The van der Waals surface area contributed by atoms with E-state index in [4.69, 9.17) is 29.8 Å². The third kappa shape index (κ3) is 9.97. The van der Waals surface area contributed by atoms with Crippen molar-refractivity contribution < 1.29 is 34.1 Å². The molecule has 0 heterocycles. The summed E-state index contributed by atoms with van der Waals surface area (Å²) in [6.45, 7) is 2.75. The van der Waals surface area contributed by atoms with Crippen LogP contribution in [0.5, 0.6) is 0 Å². The lowest BCUT2D eigenvalue weighted by Crippen LogP contribution is -2.23. The Morgan fingerprint density at radius 3 is 1.84 bits per heavy atom. The Hall–Kier alpha value is -1.75. The standard InChI is InChI=1S/C16H26N2O7/c17-16(20)14-1-3-15(4-2-14)18(21)13-25-12-11-24-10-9-23-8-7-22-6-5-19/h1-4,19,21H,5-13H2,(H2,17,20). The summed E-state index contributed by atoms with van der Waals surface area (Å²) in [6.07, 6.45) is 0. The van der Waals surface area contributed by atoms with Crippen LogP contribution in [0.2, 0.25) is 0 Å². The van der Waals surface area contributed by atoms with Crippen molar-refractivity contribution in [2.24, 2.45) is 5.73 Å². The highest BCUT2D eigenvalue weighted by atomic mass is 16.6. The number of rotatable bonds is 15. The topological polar surface area (TPSA) is 124 Å². The van der Waals surface area contributed by atoms with Crippen LogP contribution in [0.15, 0.2) is 24.3 Å². The third-order valence-corrected chi connectivity index (χ3v) is 3.02. The quantitative estimate of drug-likeness (QED) is 0.227. The summed E-state index contributed by atoms with van der Waals surface area (Å²) in [5.41, 5.74) is 6.00. The predicted octanol–water partition coefficient (Wildman–Crippen LogP) is -0.00270. The summed E-state index contributed by atoms with van der Waals surface area (Å²) in [4.78, 5) is 11.0. The Bertz CT molecular complexity index is 470. The first-order valence-corrected chi connectivity index (χ1v) is 7.93. The van der Waals surface area contributed by atoms with Crippen molar-refractivity contribution in [1.29, 1.82) is 0 Å². The molecular weight excluding hydrogens is 332 g/mol. The number of carbonyl (C=O) groups is 1. The Balaban J connectivity index is 1.98. The van der Waals surface area contributed by atoms with Crippen molar-refractivity contribution in [2.45, 2.75) is 0 Å². The van der Waals surface area contributed by atoms with Gasteiger partial charge in [0.1, 0.15) is 6.73 Å². The van der Waals surface area contributed by atoms with E-state index in [1.165, 1.54) is 12.1 Å². The molecule has 1 rings (SSSR count). The van der Waals surface area contributed by atoms with Gasteiger partial charge in [0.05, 0.1) is 58.5 Å². The number of nitrogens with zero attached hydrogens (tertiary/aromatic N) is 1. The van der Waals surface area contributed by atoms with Gasteiger partial charge in [-0.3, -0.25) is 10.0 Å². The van der Waals surface area contributed by atoms with Gasteiger partial charge < -0.3 is 29.8 Å². The molecule has 0 aliphatic heterocycles. The molecule has 0 atom stereocenters. The number of ether oxygens (including phenoxy) is 4. The number of hydrogen-bond donors (Lipinski definition) is 3. The molecule has 4 N–H and O–H groups in total. The predicted molar refractivity (Wildman–Crippen MR) is 89.6 cm³/mol. The van der Waals surface area contributed by atoms with E-state index in [1.807, 2.05) is 0 Å². The van der Waals surface area contributed by atoms with Gasteiger partial charge in [-0.25, -0.2) is 5.06 Å². The number of aliphatic hydroxyl groups excluding tert-OH is 1. The minimum atomic E-state index is -0.522. The summed E-state index contributed by atoms with van der Waals surface area (Å²) in [5, 5.41) is 19.2. The molecule has 0 aliphatic carbocycles. The van der Waals surface area contributed by atoms with Gasteiger partial charge in [0.15, 0.2) is 0 Å². The molecule has 0 aliphatic rings. The molecule has 0 unspecified atom stereocenters. The van der Waals surface area contributed by atoms with E-state index in [-0.39, 0.29) is 13.3 Å². The third-order valence-electron chi connectivity index (χ3n) is 3.02. The van der Waals surface area contributed by atoms with Gasteiger partial charge in [-0.05, 0) is 24.3 Å². The zero-order chi connectivity index (χ0) is 18.3. The monoisotopic (exact) mass is 358 g/mol. The number of hydroxylamine groups is 1. The van der Waals surface area contributed by atoms with Crippen LogP contribution in [0.4, 0.5) is 5.69 Å². The van der Waals surface area contributed by atoms with E-state index in [0.717, 1.165) is 5.06 Å². The van der Waals surface area contributed by atoms with Gasteiger partial charge in [-0.15, -0.1) is 0 Å². The Kier molecular flexibility index (Phi) is 11.5. The molecule has 0 bridgehead atoms. The molecule has 1 aromatic rings. The van der Waals surface area contributed by atoms with Crippen LogP contribution >= 0.6 is 0 Å². The van der Waals surface area contributed by atoms with Gasteiger partial charge in [-0.1, -0.05) is 0 Å². The van der Waals surface area contributed by atoms with Crippen molar-refractivity contribution >= 4 is 11.6 Å². The van der Waals surface area contributed by atoms with E-state index in [2.05, 4.69) is 0 Å². The fraction of sp³-hybridized carbons (Fsp3) is 0.562. The van der Waals surface area contributed by atoms with E-state index in [0.29, 0.717) is 57.5 Å². The van der Waals surface area contributed by atoms with Crippen molar-refractivity contribution in [3.05, 3.63) is 29.8 Å². The van der Waals surface area contributed by atoms with Crippen molar-refractivity contribution in [2.75, 3.05) is 64.6 Å². The minimum absolute atomic E-state index is 0.00701. The first-order valence-electron chi connectivity index (χ1n) is 7.93. The number of anilines is 1. The molecule has 142 valence electrons. The molecule has 9 nitrogen and oxygen atoms in total. The van der Waals surface area contributed by atoms with Crippen molar-refractivity contribution in [1.82, 2.24) is 0 Å². The molecule has 25 heavy (non-hydrogen) atoms. The van der Waals surface area contributed by atoms with Gasteiger partial charge in [0.25, 0.3) is 0 Å². The number of nitrogens with two attached hydrogens (primary N) is 1. The second kappa shape index (κ2) is 13.5. The zero-order valence-corrected chi connectivity index (χ0v) is 14.1. The van der Waals surface area contributed by atoms with E-state index in [1.54, 1.807) is 12.1 Å². The molecule has 0 saturated carbocycles. The number of aliphatic hydroxyl groups is 1. The van der Waals surface area contributed by atoms with E-state index in [9.17, 15) is 10.0 Å².